The van der Waals surface area contributed by atoms with Gasteiger partial charge >= 0.3 is 0 Å². The number of ether oxygens (including phenoxy) is 1. The average Bonchev–Trinajstić information content (AvgIpc) is 2.71. The van der Waals surface area contributed by atoms with Crippen LogP contribution in [0.15, 0.2) is 48.5 Å². The van der Waals surface area contributed by atoms with E-state index in [4.69, 9.17) is 4.74 Å². The van der Waals surface area contributed by atoms with Gasteiger partial charge in [-0.25, -0.2) is 4.39 Å². The SMILES string of the molecule is CCNC(=O)[C@@H](C)N(Cc1ccc(F)cc1)C(=O)COc1ccc(CC)cc1. The third-order valence-electron chi connectivity index (χ3n) is 4.48. The Hall–Kier alpha value is -2.89. The number of hydrogen-bond acceptors (Lipinski definition) is 3. The van der Waals surface area contributed by atoms with E-state index in [0.717, 1.165) is 12.0 Å². The molecule has 0 aromatic heterocycles. The van der Waals surface area contributed by atoms with Crippen LogP contribution in [0.1, 0.15) is 31.9 Å². The summed E-state index contributed by atoms with van der Waals surface area (Å²) in [6.07, 6.45) is 0.925. The summed E-state index contributed by atoms with van der Waals surface area (Å²) < 4.78 is 18.8. The largest absolute Gasteiger partial charge is 0.484 e. The lowest BCUT2D eigenvalue weighted by Crippen LogP contribution is -2.49. The highest BCUT2D eigenvalue weighted by molar-refractivity contribution is 5.87. The minimum Gasteiger partial charge on any atom is -0.484 e. The molecule has 0 spiro atoms. The highest BCUT2D eigenvalue weighted by Gasteiger charge is 2.26. The van der Waals surface area contributed by atoms with Gasteiger partial charge in [0.25, 0.3) is 5.91 Å². The van der Waals surface area contributed by atoms with Gasteiger partial charge < -0.3 is 15.0 Å². The fourth-order valence-electron chi connectivity index (χ4n) is 2.74. The van der Waals surface area contributed by atoms with Crippen molar-refractivity contribution < 1.29 is 18.7 Å². The molecule has 2 aromatic carbocycles. The van der Waals surface area contributed by atoms with Crippen LogP contribution in [0.2, 0.25) is 0 Å². The van der Waals surface area contributed by atoms with Crippen LogP contribution in [0, 0.1) is 5.82 Å². The van der Waals surface area contributed by atoms with Gasteiger partial charge in [0.05, 0.1) is 0 Å². The van der Waals surface area contributed by atoms with Crippen LogP contribution in [-0.2, 0) is 22.6 Å². The summed E-state index contributed by atoms with van der Waals surface area (Å²) in [5.41, 5.74) is 1.92. The van der Waals surface area contributed by atoms with Crippen molar-refractivity contribution in [2.45, 2.75) is 39.8 Å². The van der Waals surface area contributed by atoms with E-state index in [1.165, 1.54) is 22.6 Å². The molecule has 0 aliphatic carbocycles. The molecule has 2 rings (SSSR count). The Bertz CT molecular complexity index is 775. The lowest BCUT2D eigenvalue weighted by molar-refractivity contribution is -0.142. The van der Waals surface area contributed by atoms with Crippen LogP contribution in [-0.4, -0.2) is 35.9 Å². The summed E-state index contributed by atoms with van der Waals surface area (Å²) in [7, 11) is 0. The van der Waals surface area contributed by atoms with Crippen molar-refractivity contribution in [3.05, 3.63) is 65.5 Å². The standard InChI is InChI=1S/C22H27FN2O3/c1-4-17-8-12-20(13-9-17)28-15-21(26)25(16(3)22(27)24-5-2)14-18-6-10-19(23)11-7-18/h6-13,16H,4-5,14-15H2,1-3H3,(H,24,27)/t16-/m1/s1. The number of halogens is 1. The Morgan fingerprint density at radius 1 is 1.04 bits per heavy atom. The number of nitrogens with one attached hydrogen (secondary N) is 1. The minimum absolute atomic E-state index is 0.184. The van der Waals surface area contributed by atoms with Crippen LogP contribution in [0.25, 0.3) is 0 Å². The Morgan fingerprint density at radius 3 is 2.21 bits per heavy atom. The number of benzene rings is 2. The molecule has 0 aliphatic rings. The first kappa shape index (κ1) is 21.4. The molecule has 0 heterocycles. The van der Waals surface area contributed by atoms with Crippen LogP contribution >= 0.6 is 0 Å². The predicted octanol–water partition coefficient (Wildman–Crippen LogP) is 3.32. The second-order valence-corrected chi connectivity index (χ2v) is 6.50. The maximum Gasteiger partial charge on any atom is 0.261 e. The van der Waals surface area contributed by atoms with E-state index >= 15 is 0 Å². The summed E-state index contributed by atoms with van der Waals surface area (Å²) >= 11 is 0. The van der Waals surface area contributed by atoms with Crippen molar-refractivity contribution in [3.8, 4) is 5.75 Å². The van der Waals surface area contributed by atoms with Crippen molar-refractivity contribution in [2.24, 2.45) is 0 Å². The number of rotatable bonds is 9. The first-order valence-corrected chi connectivity index (χ1v) is 9.48. The zero-order chi connectivity index (χ0) is 20.5. The molecule has 0 radical (unpaired) electrons. The van der Waals surface area contributed by atoms with E-state index in [0.29, 0.717) is 12.3 Å². The molecule has 28 heavy (non-hydrogen) atoms. The van der Waals surface area contributed by atoms with Crippen LogP contribution in [0.3, 0.4) is 0 Å². The third kappa shape index (κ3) is 6.08. The Kier molecular flexibility index (Phi) is 7.99. The van der Waals surface area contributed by atoms with Gasteiger partial charge in [-0.15, -0.1) is 0 Å². The van der Waals surface area contributed by atoms with Gasteiger partial charge in [0, 0.05) is 13.1 Å². The van der Waals surface area contributed by atoms with E-state index < -0.39 is 6.04 Å². The molecule has 0 bridgehead atoms. The lowest BCUT2D eigenvalue weighted by atomic mass is 10.1. The molecule has 150 valence electrons. The van der Waals surface area contributed by atoms with E-state index in [1.807, 2.05) is 31.2 Å². The van der Waals surface area contributed by atoms with E-state index in [-0.39, 0.29) is 30.8 Å². The Balaban J connectivity index is 2.10. The van der Waals surface area contributed by atoms with Crippen molar-refractivity contribution in [3.63, 3.8) is 0 Å². The Morgan fingerprint density at radius 2 is 1.64 bits per heavy atom. The summed E-state index contributed by atoms with van der Waals surface area (Å²) in [6, 6.07) is 12.7. The maximum absolute atomic E-state index is 13.2. The molecule has 0 saturated heterocycles. The topological polar surface area (TPSA) is 58.6 Å². The number of hydrogen-bond donors (Lipinski definition) is 1. The zero-order valence-corrected chi connectivity index (χ0v) is 16.6. The first-order chi connectivity index (χ1) is 13.4. The highest BCUT2D eigenvalue weighted by Crippen LogP contribution is 2.14. The van der Waals surface area contributed by atoms with Crippen LogP contribution < -0.4 is 10.1 Å². The predicted molar refractivity (Wildman–Crippen MR) is 106 cm³/mol. The second-order valence-electron chi connectivity index (χ2n) is 6.50. The molecular formula is C22H27FN2O3. The molecular weight excluding hydrogens is 359 g/mol. The zero-order valence-electron chi connectivity index (χ0n) is 16.6. The van der Waals surface area contributed by atoms with Gasteiger partial charge in [0.1, 0.15) is 17.6 Å². The van der Waals surface area contributed by atoms with Crippen molar-refractivity contribution in [1.82, 2.24) is 10.2 Å². The average molecular weight is 386 g/mol. The quantitative estimate of drug-likeness (QED) is 0.719. The van der Waals surface area contributed by atoms with Crippen LogP contribution in [0.4, 0.5) is 4.39 Å². The highest BCUT2D eigenvalue weighted by atomic mass is 19.1. The molecule has 5 nitrogen and oxygen atoms in total. The summed E-state index contributed by atoms with van der Waals surface area (Å²) in [6.45, 7) is 6.03. The molecule has 1 N–H and O–H groups in total. The fourth-order valence-corrected chi connectivity index (χ4v) is 2.74. The minimum atomic E-state index is -0.677. The summed E-state index contributed by atoms with van der Waals surface area (Å²) in [5.74, 6) is -0.317. The second kappa shape index (κ2) is 10.4. The summed E-state index contributed by atoms with van der Waals surface area (Å²) in [4.78, 5) is 26.5. The normalized spacial score (nSPS) is 11.6. The van der Waals surface area contributed by atoms with Crippen molar-refractivity contribution >= 4 is 11.8 Å². The molecule has 2 aromatic rings. The van der Waals surface area contributed by atoms with Gasteiger partial charge in [0.2, 0.25) is 5.91 Å². The van der Waals surface area contributed by atoms with Crippen molar-refractivity contribution in [2.75, 3.05) is 13.2 Å². The third-order valence-corrected chi connectivity index (χ3v) is 4.48. The number of carbonyl (C=O) groups excluding carboxylic acids is 2. The molecule has 0 saturated carbocycles. The number of nitrogens with zero attached hydrogens (tertiary/aromatic N) is 1. The molecule has 2 amide bonds. The molecule has 1 atom stereocenters. The monoisotopic (exact) mass is 386 g/mol. The van der Waals surface area contributed by atoms with E-state index in [2.05, 4.69) is 12.2 Å². The molecule has 0 aliphatic heterocycles. The Labute approximate surface area is 165 Å². The summed E-state index contributed by atoms with van der Waals surface area (Å²) in [5, 5.41) is 2.73. The van der Waals surface area contributed by atoms with Crippen molar-refractivity contribution in [1.29, 1.82) is 0 Å². The number of amides is 2. The maximum atomic E-state index is 13.2. The molecule has 0 unspecified atom stereocenters. The number of carbonyl (C=O) groups is 2. The molecule has 6 heteroatoms. The smallest absolute Gasteiger partial charge is 0.261 e. The first-order valence-electron chi connectivity index (χ1n) is 9.48. The van der Waals surface area contributed by atoms with Gasteiger partial charge in [-0.1, -0.05) is 31.2 Å². The fraction of sp³-hybridized carbons (Fsp3) is 0.364. The van der Waals surface area contributed by atoms with Gasteiger partial charge in [-0.2, -0.15) is 0 Å². The number of aryl methyl sites for hydroxylation is 1. The van der Waals surface area contributed by atoms with Gasteiger partial charge in [-0.3, -0.25) is 9.59 Å². The van der Waals surface area contributed by atoms with Gasteiger partial charge in [0.15, 0.2) is 6.61 Å². The van der Waals surface area contributed by atoms with Gasteiger partial charge in [-0.05, 0) is 55.7 Å². The lowest BCUT2D eigenvalue weighted by Gasteiger charge is -2.28. The number of likely N-dealkylation sites (N-methyl/N-ethyl adjacent to an activating group) is 1. The van der Waals surface area contributed by atoms with Crippen LogP contribution in [0.5, 0.6) is 5.75 Å². The molecule has 0 fully saturated rings. The van der Waals surface area contributed by atoms with E-state index in [1.54, 1.807) is 19.1 Å². The van der Waals surface area contributed by atoms with E-state index in [9.17, 15) is 14.0 Å².